The molecule has 4 rings (SSSR count). The number of nitrogens with two attached hydrogens (primary N) is 1. The zero-order valence-electron chi connectivity index (χ0n) is 12.2. The summed E-state index contributed by atoms with van der Waals surface area (Å²) in [6.45, 7) is 1.93. The fraction of sp³-hybridized carbons (Fsp3) is 0.0588. The van der Waals surface area contributed by atoms with Crippen LogP contribution in [-0.4, -0.2) is 10.5 Å². The Hall–Kier alpha value is -3.28. The van der Waals surface area contributed by atoms with Gasteiger partial charge in [0.05, 0.1) is 5.69 Å². The van der Waals surface area contributed by atoms with Crippen molar-refractivity contribution in [1.82, 2.24) is 4.57 Å². The van der Waals surface area contributed by atoms with Crippen molar-refractivity contribution < 1.29 is 13.6 Å². The van der Waals surface area contributed by atoms with E-state index in [4.69, 9.17) is 14.6 Å². The Balaban J connectivity index is 1.93. The topological polar surface area (TPSA) is 91.4 Å². The van der Waals surface area contributed by atoms with Gasteiger partial charge in [-0.25, -0.2) is 9.36 Å². The number of hydrogen-bond donors (Lipinski definition) is 1. The van der Waals surface area contributed by atoms with Gasteiger partial charge >= 0.3 is 11.7 Å². The van der Waals surface area contributed by atoms with Gasteiger partial charge in [0.15, 0.2) is 11.3 Å². The second-order valence-corrected chi connectivity index (χ2v) is 5.36. The van der Waals surface area contributed by atoms with Crippen LogP contribution in [0.25, 0.3) is 22.1 Å². The van der Waals surface area contributed by atoms with Gasteiger partial charge in [-0.3, -0.25) is 4.79 Å². The quantitative estimate of drug-likeness (QED) is 0.546. The van der Waals surface area contributed by atoms with Crippen LogP contribution in [0.15, 0.2) is 56.1 Å². The van der Waals surface area contributed by atoms with Crippen molar-refractivity contribution in [2.75, 3.05) is 5.73 Å². The minimum Gasteiger partial charge on any atom is -0.451 e. The number of carbonyl (C=O) groups excluding carboxylic acids is 1. The van der Waals surface area contributed by atoms with Gasteiger partial charge in [-0.05, 0) is 36.8 Å². The summed E-state index contributed by atoms with van der Waals surface area (Å²) in [7, 11) is 0. The van der Waals surface area contributed by atoms with Crippen molar-refractivity contribution in [3.8, 4) is 0 Å². The highest BCUT2D eigenvalue weighted by Crippen LogP contribution is 2.24. The fourth-order valence-corrected chi connectivity index (χ4v) is 2.61. The lowest BCUT2D eigenvalue weighted by molar-refractivity contribution is 0.0931. The molecule has 0 atom stereocenters. The normalized spacial score (nSPS) is 11.3. The zero-order chi connectivity index (χ0) is 16.1. The lowest BCUT2D eigenvalue weighted by atomic mass is 10.2. The summed E-state index contributed by atoms with van der Waals surface area (Å²) >= 11 is 0. The van der Waals surface area contributed by atoms with E-state index in [1.54, 1.807) is 24.3 Å². The van der Waals surface area contributed by atoms with Crippen molar-refractivity contribution in [3.63, 3.8) is 0 Å². The highest BCUT2D eigenvalue weighted by atomic mass is 16.4. The molecule has 0 aliphatic heterocycles. The molecule has 0 aliphatic carbocycles. The molecule has 2 N–H and O–H groups in total. The molecule has 2 aromatic heterocycles. The number of fused-ring (bicyclic) bond motifs is 2. The van der Waals surface area contributed by atoms with E-state index in [0.29, 0.717) is 16.8 Å². The molecular weight excluding hydrogens is 296 g/mol. The van der Waals surface area contributed by atoms with E-state index in [-0.39, 0.29) is 11.3 Å². The van der Waals surface area contributed by atoms with E-state index >= 15 is 0 Å². The van der Waals surface area contributed by atoms with E-state index in [9.17, 15) is 9.59 Å². The first-order chi connectivity index (χ1) is 11.0. The molecule has 0 radical (unpaired) electrons. The summed E-state index contributed by atoms with van der Waals surface area (Å²) in [4.78, 5) is 24.7. The molecule has 0 amide bonds. The summed E-state index contributed by atoms with van der Waals surface area (Å²) < 4.78 is 11.6. The second kappa shape index (κ2) is 4.61. The summed E-state index contributed by atoms with van der Waals surface area (Å²) in [5.74, 6) is -1.31. The first-order valence-electron chi connectivity index (χ1n) is 6.99. The van der Waals surface area contributed by atoms with Gasteiger partial charge in [0.2, 0.25) is 0 Å². The third kappa shape index (κ3) is 1.96. The second-order valence-electron chi connectivity index (χ2n) is 5.36. The van der Waals surface area contributed by atoms with Gasteiger partial charge in [0.25, 0.3) is 0 Å². The molecule has 0 bridgehead atoms. The summed E-state index contributed by atoms with van der Waals surface area (Å²) in [5, 5.41) is 0.791. The molecule has 2 aromatic carbocycles. The average Bonchev–Trinajstić information content (AvgIpc) is 3.07. The monoisotopic (exact) mass is 308 g/mol. The minimum atomic E-state index is -0.792. The van der Waals surface area contributed by atoms with Crippen LogP contribution in [0.1, 0.15) is 16.1 Å². The first kappa shape index (κ1) is 13.4. The van der Waals surface area contributed by atoms with Crippen LogP contribution >= 0.6 is 0 Å². The van der Waals surface area contributed by atoms with Crippen LogP contribution in [0.5, 0.6) is 0 Å². The number of anilines is 1. The SMILES string of the molecule is Cc1ccc2cc(C(=O)n3c(=O)oc4c(N)cccc43)oc2c1. The van der Waals surface area contributed by atoms with Crippen molar-refractivity contribution in [2.24, 2.45) is 0 Å². The molecule has 4 aromatic rings. The predicted molar refractivity (Wildman–Crippen MR) is 85.6 cm³/mol. The number of aryl methyl sites for hydroxylation is 1. The van der Waals surface area contributed by atoms with Crippen LogP contribution in [0.2, 0.25) is 0 Å². The van der Waals surface area contributed by atoms with Crippen molar-refractivity contribution in [2.45, 2.75) is 6.92 Å². The standard InChI is InChI=1S/C17H12N2O4/c1-9-5-6-10-8-14(22-13(10)7-9)16(20)19-12-4-2-3-11(18)15(12)23-17(19)21/h2-8H,18H2,1H3. The number of rotatable bonds is 1. The number of carbonyl (C=O) groups is 1. The third-order valence-electron chi connectivity index (χ3n) is 3.73. The number of nitrogens with zero attached hydrogens (tertiary/aromatic N) is 1. The maximum atomic E-state index is 12.7. The maximum absolute atomic E-state index is 12.7. The third-order valence-corrected chi connectivity index (χ3v) is 3.73. The average molecular weight is 308 g/mol. The van der Waals surface area contributed by atoms with Crippen LogP contribution in [0, 0.1) is 6.92 Å². The number of furan rings is 1. The lowest BCUT2D eigenvalue weighted by Crippen LogP contribution is -2.22. The van der Waals surface area contributed by atoms with Crippen LogP contribution in [0.4, 0.5) is 5.69 Å². The van der Waals surface area contributed by atoms with Gasteiger partial charge in [-0.15, -0.1) is 0 Å². The number of benzene rings is 2. The molecule has 114 valence electrons. The molecule has 0 fully saturated rings. The van der Waals surface area contributed by atoms with E-state index in [1.807, 2.05) is 25.1 Å². The molecule has 0 saturated heterocycles. The zero-order valence-corrected chi connectivity index (χ0v) is 12.2. The molecule has 6 nitrogen and oxygen atoms in total. The van der Waals surface area contributed by atoms with E-state index in [0.717, 1.165) is 15.5 Å². The van der Waals surface area contributed by atoms with Gasteiger partial charge in [-0.1, -0.05) is 18.2 Å². The van der Waals surface area contributed by atoms with E-state index in [1.165, 1.54) is 0 Å². The summed E-state index contributed by atoms with van der Waals surface area (Å²) in [6, 6.07) is 12.1. The Labute approximate surface area is 129 Å². The van der Waals surface area contributed by atoms with E-state index in [2.05, 4.69) is 0 Å². The Bertz CT molecular complexity index is 1130. The van der Waals surface area contributed by atoms with Gasteiger partial charge in [0, 0.05) is 5.39 Å². The lowest BCUT2D eigenvalue weighted by Gasteiger charge is -1.98. The molecule has 6 heteroatoms. The smallest absolute Gasteiger partial charge is 0.427 e. The molecule has 23 heavy (non-hydrogen) atoms. The number of nitrogen functional groups attached to an aromatic ring is 1. The Morgan fingerprint density at radius 3 is 2.78 bits per heavy atom. The maximum Gasteiger partial charge on any atom is 0.427 e. The van der Waals surface area contributed by atoms with Gasteiger partial charge < -0.3 is 14.6 Å². The molecule has 0 unspecified atom stereocenters. The summed E-state index contributed by atoms with van der Waals surface area (Å²) in [6.07, 6.45) is 0. The van der Waals surface area contributed by atoms with Crippen LogP contribution in [-0.2, 0) is 0 Å². The van der Waals surface area contributed by atoms with Gasteiger partial charge in [-0.2, -0.15) is 0 Å². The van der Waals surface area contributed by atoms with Gasteiger partial charge in [0.1, 0.15) is 11.1 Å². The fourth-order valence-electron chi connectivity index (χ4n) is 2.61. The first-order valence-corrected chi connectivity index (χ1v) is 6.99. The number of aromatic nitrogens is 1. The molecule has 0 aliphatic rings. The highest BCUT2D eigenvalue weighted by molar-refractivity contribution is 6.02. The Morgan fingerprint density at radius 2 is 1.96 bits per heavy atom. The molecular formula is C17H12N2O4. The van der Waals surface area contributed by atoms with E-state index < -0.39 is 11.7 Å². The number of para-hydroxylation sites is 1. The molecule has 0 saturated carbocycles. The van der Waals surface area contributed by atoms with Crippen molar-refractivity contribution in [3.05, 3.63) is 64.3 Å². The predicted octanol–water partition coefficient (Wildman–Crippen LogP) is 2.92. The highest BCUT2D eigenvalue weighted by Gasteiger charge is 2.22. The number of hydrogen-bond acceptors (Lipinski definition) is 5. The largest absolute Gasteiger partial charge is 0.451 e. The van der Waals surface area contributed by atoms with Crippen molar-refractivity contribution in [1.29, 1.82) is 0 Å². The van der Waals surface area contributed by atoms with Crippen molar-refractivity contribution >= 4 is 33.7 Å². The van der Waals surface area contributed by atoms with Crippen LogP contribution in [0.3, 0.4) is 0 Å². The Morgan fingerprint density at radius 1 is 1.13 bits per heavy atom. The molecule has 0 spiro atoms. The molecule has 2 heterocycles. The Kier molecular flexibility index (Phi) is 2.68. The summed E-state index contributed by atoms with van der Waals surface area (Å²) in [5.41, 5.74) is 8.19. The number of oxazole rings is 1. The van der Waals surface area contributed by atoms with Crippen LogP contribution < -0.4 is 11.5 Å². The minimum absolute atomic E-state index is 0.0674.